The fourth-order valence-corrected chi connectivity index (χ4v) is 4.30. The van der Waals surface area contributed by atoms with Crippen LogP contribution in [0.5, 0.6) is 0 Å². The first-order valence-corrected chi connectivity index (χ1v) is 9.15. The van der Waals surface area contributed by atoms with Crippen molar-refractivity contribution in [3.05, 3.63) is 59.9 Å². The number of carbonyl (C=O) groups is 1. The zero-order valence-electron chi connectivity index (χ0n) is 14.8. The van der Waals surface area contributed by atoms with Crippen LogP contribution in [-0.2, 0) is 11.3 Å². The number of nitriles is 1. The van der Waals surface area contributed by atoms with Crippen LogP contribution in [0.3, 0.4) is 0 Å². The van der Waals surface area contributed by atoms with Gasteiger partial charge in [-0.1, -0.05) is 12.1 Å². The van der Waals surface area contributed by atoms with E-state index in [1.807, 2.05) is 41.4 Å². The lowest BCUT2D eigenvalue weighted by molar-refractivity contribution is -0.128. The Morgan fingerprint density at radius 3 is 2.77 bits per heavy atom. The number of aromatic nitrogens is 1. The van der Waals surface area contributed by atoms with Gasteiger partial charge in [-0.05, 0) is 49.1 Å². The van der Waals surface area contributed by atoms with Crippen LogP contribution in [0.15, 0.2) is 48.8 Å². The average Bonchev–Trinajstić information content (AvgIpc) is 2.98. The molecule has 2 aliphatic heterocycles. The summed E-state index contributed by atoms with van der Waals surface area (Å²) in [5.41, 5.74) is 2.71. The van der Waals surface area contributed by atoms with Crippen LogP contribution in [0.4, 0.5) is 5.69 Å². The van der Waals surface area contributed by atoms with Gasteiger partial charge in [0.05, 0.1) is 35.5 Å². The van der Waals surface area contributed by atoms with E-state index in [1.165, 1.54) is 0 Å². The Kier molecular flexibility index (Phi) is 4.34. The van der Waals surface area contributed by atoms with Crippen LogP contribution < -0.4 is 4.90 Å². The molecule has 26 heavy (non-hydrogen) atoms. The number of nitrogens with zero attached hydrogens (tertiary/aromatic N) is 4. The van der Waals surface area contributed by atoms with Crippen LogP contribution in [0, 0.1) is 11.3 Å². The summed E-state index contributed by atoms with van der Waals surface area (Å²) in [6, 6.07) is 13.7. The molecule has 1 aromatic heterocycles. The molecule has 5 nitrogen and oxygen atoms in total. The maximum absolute atomic E-state index is 12.8. The summed E-state index contributed by atoms with van der Waals surface area (Å²) in [7, 11) is 0. The fraction of sp³-hybridized carbons (Fsp3) is 0.381. The van der Waals surface area contributed by atoms with Gasteiger partial charge in [0.25, 0.3) is 0 Å². The summed E-state index contributed by atoms with van der Waals surface area (Å²) in [6.45, 7) is 2.33. The van der Waals surface area contributed by atoms with Crippen LogP contribution in [0.1, 0.15) is 36.8 Å². The van der Waals surface area contributed by atoms with E-state index in [9.17, 15) is 4.79 Å². The molecule has 1 spiro atoms. The van der Waals surface area contributed by atoms with Crippen molar-refractivity contribution in [3.8, 4) is 6.07 Å². The van der Waals surface area contributed by atoms with Crippen LogP contribution in [0.25, 0.3) is 0 Å². The summed E-state index contributed by atoms with van der Waals surface area (Å²) in [5.74, 6) is 0.213. The summed E-state index contributed by atoms with van der Waals surface area (Å²) in [6.07, 6.45) is 7.61. The second-order valence-corrected chi connectivity index (χ2v) is 7.28. The van der Waals surface area contributed by atoms with Crippen LogP contribution in [0.2, 0.25) is 0 Å². The van der Waals surface area contributed by atoms with Crippen molar-refractivity contribution >= 4 is 11.6 Å². The Morgan fingerprint density at radius 2 is 2.04 bits per heavy atom. The van der Waals surface area contributed by atoms with Crippen molar-refractivity contribution in [1.29, 1.82) is 5.26 Å². The minimum absolute atomic E-state index is 0.120. The lowest BCUT2D eigenvalue weighted by Gasteiger charge is -2.45. The molecule has 1 amide bonds. The van der Waals surface area contributed by atoms with Crippen molar-refractivity contribution in [1.82, 2.24) is 9.88 Å². The van der Waals surface area contributed by atoms with Crippen molar-refractivity contribution in [2.75, 3.05) is 18.0 Å². The van der Waals surface area contributed by atoms with E-state index in [-0.39, 0.29) is 11.4 Å². The highest BCUT2D eigenvalue weighted by molar-refractivity contribution is 5.81. The number of piperidine rings is 1. The van der Waals surface area contributed by atoms with E-state index in [0.29, 0.717) is 18.5 Å². The quantitative estimate of drug-likeness (QED) is 0.857. The van der Waals surface area contributed by atoms with Gasteiger partial charge in [-0.2, -0.15) is 5.26 Å². The first-order chi connectivity index (χ1) is 12.7. The van der Waals surface area contributed by atoms with E-state index in [4.69, 9.17) is 5.26 Å². The number of pyridine rings is 1. The van der Waals surface area contributed by atoms with Gasteiger partial charge in [0.1, 0.15) is 0 Å². The first-order valence-electron chi connectivity index (χ1n) is 9.15. The maximum Gasteiger partial charge on any atom is 0.225 e. The highest BCUT2D eigenvalue weighted by Crippen LogP contribution is 2.40. The van der Waals surface area contributed by atoms with Gasteiger partial charge in [0.2, 0.25) is 5.91 Å². The maximum atomic E-state index is 12.8. The number of benzene rings is 1. The third kappa shape index (κ3) is 3.03. The minimum atomic E-state index is -0.120. The summed E-state index contributed by atoms with van der Waals surface area (Å²) >= 11 is 0. The molecule has 2 aromatic rings. The Bertz CT molecular complexity index is 827. The number of amides is 1. The third-order valence-corrected chi connectivity index (χ3v) is 5.58. The number of hydrogen-bond acceptors (Lipinski definition) is 4. The molecule has 4 rings (SSSR count). The topological polar surface area (TPSA) is 60.2 Å². The SMILES string of the molecule is N#Cc1ccc(CN2CC3(CCCCN3c3cccnc3)CC2=O)cc1. The Balaban J connectivity index is 1.55. The predicted molar refractivity (Wildman–Crippen MR) is 99.4 cm³/mol. The molecule has 1 atom stereocenters. The molecular formula is C21H22N4O. The first kappa shape index (κ1) is 16.6. The van der Waals surface area contributed by atoms with Gasteiger partial charge < -0.3 is 9.80 Å². The Morgan fingerprint density at radius 1 is 1.19 bits per heavy atom. The van der Waals surface area contributed by atoms with Gasteiger partial charge in [0.15, 0.2) is 0 Å². The summed E-state index contributed by atoms with van der Waals surface area (Å²) in [5, 5.41) is 8.93. The Labute approximate surface area is 153 Å². The molecule has 3 heterocycles. The number of likely N-dealkylation sites (tertiary alicyclic amines) is 1. The third-order valence-electron chi connectivity index (χ3n) is 5.58. The zero-order valence-corrected chi connectivity index (χ0v) is 14.8. The monoisotopic (exact) mass is 346 g/mol. The van der Waals surface area contributed by atoms with E-state index < -0.39 is 0 Å². The molecule has 2 fully saturated rings. The number of carbonyl (C=O) groups excluding carboxylic acids is 1. The van der Waals surface area contributed by atoms with Crippen molar-refractivity contribution < 1.29 is 4.79 Å². The van der Waals surface area contributed by atoms with Gasteiger partial charge in [0, 0.05) is 25.8 Å². The van der Waals surface area contributed by atoms with E-state index in [1.54, 1.807) is 6.20 Å². The highest BCUT2D eigenvalue weighted by atomic mass is 16.2. The summed E-state index contributed by atoms with van der Waals surface area (Å²) < 4.78 is 0. The molecule has 0 bridgehead atoms. The molecule has 1 aromatic carbocycles. The number of anilines is 1. The largest absolute Gasteiger partial charge is 0.362 e. The molecule has 2 saturated heterocycles. The lowest BCUT2D eigenvalue weighted by atomic mass is 9.85. The molecule has 0 aliphatic carbocycles. The van der Waals surface area contributed by atoms with Crippen LogP contribution in [-0.4, -0.2) is 34.4 Å². The normalized spacial score (nSPS) is 22.7. The van der Waals surface area contributed by atoms with Gasteiger partial charge in [-0.15, -0.1) is 0 Å². The van der Waals surface area contributed by atoms with Crippen molar-refractivity contribution in [2.24, 2.45) is 0 Å². The van der Waals surface area contributed by atoms with Gasteiger partial charge >= 0.3 is 0 Å². The number of rotatable bonds is 3. The molecule has 2 aliphatic rings. The van der Waals surface area contributed by atoms with Crippen LogP contribution >= 0.6 is 0 Å². The van der Waals surface area contributed by atoms with E-state index >= 15 is 0 Å². The van der Waals surface area contributed by atoms with E-state index in [0.717, 1.165) is 43.6 Å². The van der Waals surface area contributed by atoms with Gasteiger partial charge in [-0.25, -0.2) is 0 Å². The summed E-state index contributed by atoms with van der Waals surface area (Å²) in [4.78, 5) is 21.4. The predicted octanol–water partition coefficient (Wildman–Crippen LogP) is 3.11. The molecule has 0 N–H and O–H groups in total. The second kappa shape index (κ2) is 6.80. The lowest BCUT2D eigenvalue weighted by Crippen LogP contribution is -2.53. The average molecular weight is 346 g/mol. The molecule has 0 saturated carbocycles. The fourth-order valence-electron chi connectivity index (χ4n) is 4.30. The molecular weight excluding hydrogens is 324 g/mol. The molecule has 0 radical (unpaired) electrons. The smallest absolute Gasteiger partial charge is 0.225 e. The molecule has 5 heteroatoms. The van der Waals surface area contributed by atoms with E-state index in [2.05, 4.69) is 22.0 Å². The molecule has 132 valence electrons. The Hall–Kier alpha value is -2.87. The standard InChI is InChI=1S/C21H22N4O/c22-13-17-5-7-18(8-6-17)15-24-16-21(12-20(24)26)9-1-2-11-25(21)19-4-3-10-23-14-19/h3-8,10,14H,1-2,9,11-12,15-16H2. The van der Waals surface area contributed by atoms with Gasteiger partial charge in [-0.3, -0.25) is 9.78 Å². The highest BCUT2D eigenvalue weighted by Gasteiger charge is 2.48. The minimum Gasteiger partial charge on any atom is -0.362 e. The molecule has 1 unspecified atom stereocenters. The zero-order chi connectivity index (χ0) is 18.0. The second-order valence-electron chi connectivity index (χ2n) is 7.28. The van der Waals surface area contributed by atoms with Crippen molar-refractivity contribution in [2.45, 2.75) is 37.8 Å². The van der Waals surface area contributed by atoms with Crippen molar-refractivity contribution in [3.63, 3.8) is 0 Å². The number of hydrogen-bond donors (Lipinski definition) is 0.